The van der Waals surface area contributed by atoms with Crippen LogP contribution in [0.1, 0.15) is 38.2 Å². The van der Waals surface area contributed by atoms with Gasteiger partial charge in [0, 0.05) is 20.2 Å². The van der Waals surface area contributed by atoms with Crippen LogP contribution in [0, 0.1) is 0 Å². The van der Waals surface area contributed by atoms with Crippen molar-refractivity contribution in [2.24, 2.45) is 0 Å². The number of benzene rings is 2. The number of carbonyl (C=O) groups excluding carboxylic acids is 2. The number of anilines is 1. The Hall–Kier alpha value is -2.64. The Morgan fingerprint density at radius 1 is 1.19 bits per heavy atom. The standard InChI is InChI=1S/C20H17N3O2S2/c1-2-14-18(26-11-22-14)10-21-19(24)12-7-8-17-15(9-12)23-20(25)13-5-3-4-6-16(13)27-17/h3-9,11H,2,10H2,1H3,(H,21,24)(H,23,25). The lowest BCUT2D eigenvalue weighted by molar-refractivity contribution is 0.0949. The molecular weight excluding hydrogens is 378 g/mol. The molecule has 0 saturated carbocycles. The summed E-state index contributed by atoms with van der Waals surface area (Å²) < 4.78 is 0. The van der Waals surface area contributed by atoms with E-state index in [1.54, 1.807) is 35.0 Å². The Balaban J connectivity index is 1.54. The average molecular weight is 396 g/mol. The Labute approximate surface area is 165 Å². The van der Waals surface area contributed by atoms with Crippen molar-refractivity contribution in [2.75, 3.05) is 5.32 Å². The highest BCUT2D eigenvalue weighted by Gasteiger charge is 2.20. The van der Waals surface area contributed by atoms with E-state index >= 15 is 0 Å². The average Bonchev–Trinajstić information content (AvgIpc) is 3.09. The van der Waals surface area contributed by atoms with Crippen molar-refractivity contribution < 1.29 is 9.59 Å². The fourth-order valence-electron chi connectivity index (χ4n) is 2.90. The molecule has 4 rings (SSSR count). The molecule has 27 heavy (non-hydrogen) atoms. The molecular formula is C20H17N3O2S2. The van der Waals surface area contributed by atoms with Crippen LogP contribution in [0.3, 0.4) is 0 Å². The smallest absolute Gasteiger partial charge is 0.256 e. The second-order valence-electron chi connectivity index (χ2n) is 6.02. The van der Waals surface area contributed by atoms with Gasteiger partial charge in [-0.1, -0.05) is 30.8 Å². The van der Waals surface area contributed by atoms with Gasteiger partial charge in [0.1, 0.15) is 0 Å². The maximum Gasteiger partial charge on any atom is 0.256 e. The Kier molecular flexibility index (Phi) is 4.96. The van der Waals surface area contributed by atoms with Gasteiger partial charge >= 0.3 is 0 Å². The molecule has 0 saturated heterocycles. The number of thiazole rings is 1. The lowest BCUT2D eigenvalue weighted by atomic mass is 10.1. The molecule has 0 unspecified atom stereocenters. The van der Waals surface area contributed by atoms with E-state index in [0.29, 0.717) is 23.4 Å². The molecule has 136 valence electrons. The van der Waals surface area contributed by atoms with Gasteiger partial charge in [-0.05, 0) is 36.8 Å². The van der Waals surface area contributed by atoms with Crippen LogP contribution in [0.5, 0.6) is 0 Å². The molecule has 1 aliphatic heterocycles. The van der Waals surface area contributed by atoms with Crippen LogP contribution in [0.25, 0.3) is 0 Å². The van der Waals surface area contributed by atoms with Gasteiger partial charge in [0.05, 0.1) is 29.0 Å². The SMILES string of the molecule is CCc1ncsc1CNC(=O)c1ccc2c(c1)NC(=O)c1ccccc1S2. The first kappa shape index (κ1) is 17.8. The first-order valence-electron chi connectivity index (χ1n) is 8.57. The Bertz CT molecular complexity index is 1030. The van der Waals surface area contributed by atoms with Gasteiger partial charge in [0.15, 0.2) is 0 Å². The van der Waals surface area contributed by atoms with E-state index in [9.17, 15) is 9.59 Å². The van der Waals surface area contributed by atoms with Crippen molar-refractivity contribution in [3.63, 3.8) is 0 Å². The van der Waals surface area contributed by atoms with Crippen LogP contribution in [0.15, 0.2) is 57.8 Å². The molecule has 2 heterocycles. The van der Waals surface area contributed by atoms with Gasteiger partial charge in [-0.3, -0.25) is 9.59 Å². The highest BCUT2D eigenvalue weighted by molar-refractivity contribution is 7.99. The topological polar surface area (TPSA) is 71.1 Å². The molecule has 2 N–H and O–H groups in total. The second kappa shape index (κ2) is 7.54. The molecule has 2 aromatic carbocycles. The summed E-state index contributed by atoms with van der Waals surface area (Å²) in [6.07, 6.45) is 0.845. The minimum atomic E-state index is -0.172. The lowest BCUT2D eigenvalue weighted by Gasteiger charge is -2.09. The number of hydrogen-bond acceptors (Lipinski definition) is 5. The highest BCUT2D eigenvalue weighted by atomic mass is 32.2. The number of fused-ring (bicyclic) bond motifs is 2. The van der Waals surface area contributed by atoms with Gasteiger partial charge in [0.25, 0.3) is 11.8 Å². The fraction of sp³-hybridized carbons (Fsp3) is 0.150. The van der Waals surface area contributed by atoms with Crippen LogP contribution < -0.4 is 10.6 Å². The summed E-state index contributed by atoms with van der Waals surface area (Å²) in [5, 5.41) is 5.85. The molecule has 5 nitrogen and oxygen atoms in total. The van der Waals surface area contributed by atoms with E-state index in [2.05, 4.69) is 15.6 Å². The molecule has 1 aromatic heterocycles. The molecule has 0 aliphatic carbocycles. The summed E-state index contributed by atoms with van der Waals surface area (Å²) in [6.45, 7) is 2.50. The van der Waals surface area contributed by atoms with E-state index in [1.807, 2.05) is 31.2 Å². The Morgan fingerprint density at radius 3 is 2.89 bits per heavy atom. The number of amides is 2. The van der Waals surface area contributed by atoms with E-state index < -0.39 is 0 Å². The number of aromatic nitrogens is 1. The zero-order valence-electron chi connectivity index (χ0n) is 14.6. The molecule has 7 heteroatoms. The summed E-state index contributed by atoms with van der Waals surface area (Å²) in [4.78, 5) is 32.2. The predicted molar refractivity (Wildman–Crippen MR) is 108 cm³/mol. The third kappa shape index (κ3) is 3.61. The highest BCUT2D eigenvalue weighted by Crippen LogP contribution is 2.38. The number of rotatable bonds is 4. The summed E-state index contributed by atoms with van der Waals surface area (Å²) in [6, 6.07) is 12.9. The molecule has 0 radical (unpaired) electrons. The maximum atomic E-state index is 12.6. The molecule has 0 bridgehead atoms. The molecule has 2 amide bonds. The zero-order chi connectivity index (χ0) is 18.8. The maximum absolute atomic E-state index is 12.6. The summed E-state index contributed by atoms with van der Waals surface area (Å²) >= 11 is 3.07. The molecule has 0 atom stereocenters. The minimum Gasteiger partial charge on any atom is -0.347 e. The molecule has 0 fully saturated rings. The van der Waals surface area contributed by atoms with E-state index in [-0.39, 0.29) is 11.8 Å². The van der Waals surface area contributed by atoms with Gasteiger partial charge < -0.3 is 10.6 Å². The van der Waals surface area contributed by atoms with Crippen LogP contribution in [-0.2, 0) is 13.0 Å². The predicted octanol–water partition coefficient (Wildman–Crippen LogP) is 4.35. The third-order valence-corrected chi connectivity index (χ3v) is 6.34. The second-order valence-corrected chi connectivity index (χ2v) is 8.04. The minimum absolute atomic E-state index is 0.161. The normalized spacial score (nSPS) is 12.6. The van der Waals surface area contributed by atoms with Gasteiger partial charge in [0.2, 0.25) is 0 Å². The number of aryl methyl sites for hydroxylation is 1. The molecule has 0 spiro atoms. The van der Waals surface area contributed by atoms with Crippen molar-refractivity contribution in [1.29, 1.82) is 0 Å². The van der Waals surface area contributed by atoms with Crippen molar-refractivity contribution in [2.45, 2.75) is 29.7 Å². The number of hydrogen-bond donors (Lipinski definition) is 2. The third-order valence-electron chi connectivity index (χ3n) is 4.31. The number of nitrogens with one attached hydrogen (secondary N) is 2. The first-order chi connectivity index (χ1) is 13.2. The lowest BCUT2D eigenvalue weighted by Crippen LogP contribution is -2.23. The van der Waals surface area contributed by atoms with Crippen LogP contribution >= 0.6 is 23.1 Å². The van der Waals surface area contributed by atoms with E-state index in [4.69, 9.17) is 0 Å². The largest absolute Gasteiger partial charge is 0.347 e. The van der Waals surface area contributed by atoms with E-state index in [0.717, 1.165) is 26.8 Å². The van der Waals surface area contributed by atoms with Crippen LogP contribution in [0.2, 0.25) is 0 Å². The number of carbonyl (C=O) groups is 2. The fourth-order valence-corrected chi connectivity index (χ4v) is 4.70. The summed E-state index contributed by atoms with van der Waals surface area (Å²) in [5.74, 6) is -0.332. The van der Waals surface area contributed by atoms with Crippen molar-refractivity contribution >= 4 is 40.6 Å². The van der Waals surface area contributed by atoms with Crippen molar-refractivity contribution in [1.82, 2.24) is 10.3 Å². The van der Waals surface area contributed by atoms with Gasteiger partial charge in [-0.2, -0.15) is 0 Å². The van der Waals surface area contributed by atoms with Gasteiger partial charge in [-0.25, -0.2) is 4.98 Å². The summed E-state index contributed by atoms with van der Waals surface area (Å²) in [7, 11) is 0. The number of nitrogens with zero attached hydrogens (tertiary/aromatic N) is 1. The van der Waals surface area contributed by atoms with Crippen molar-refractivity contribution in [3.8, 4) is 0 Å². The van der Waals surface area contributed by atoms with Crippen LogP contribution in [0.4, 0.5) is 5.69 Å². The van der Waals surface area contributed by atoms with E-state index in [1.165, 1.54) is 11.8 Å². The monoisotopic (exact) mass is 395 g/mol. The molecule has 3 aromatic rings. The molecule has 1 aliphatic rings. The van der Waals surface area contributed by atoms with Gasteiger partial charge in [-0.15, -0.1) is 11.3 Å². The van der Waals surface area contributed by atoms with Crippen molar-refractivity contribution in [3.05, 3.63) is 69.7 Å². The quantitative estimate of drug-likeness (QED) is 0.689. The first-order valence-corrected chi connectivity index (χ1v) is 10.3. The van der Waals surface area contributed by atoms with Crippen LogP contribution in [-0.4, -0.2) is 16.8 Å². The Morgan fingerprint density at radius 2 is 2.04 bits per heavy atom. The zero-order valence-corrected chi connectivity index (χ0v) is 16.2. The summed E-state index contributed by atoms with van der Waals surface area (Å²) in [5.41, 5.74) is 4.63.